The van der Waals surface area contributed by atoms with Crippen molar-refractivity contribution in [2.45, 2.75) is 38.5 Å². The largest absolute Gasteiger partial charge is 0.434 e. The lowest BCUT2D eigenvalue weighted by Crippen LogP contribution is -1.99. The Hall–Kier alpha value is -3.19. The van der Waals surface area contributed by atoms with Crippen molar-refractivity contribution in [3.63, 3.8) is 0 Å². The minimum absolute atomic E-state index is 0.0574. The van der Waals surface area contributed by atoms with E-state index in [1.54, 1.807) is 30.5 Å². The summed E-state index contributed by atoms with van der Waals surface area (Å²) in [4.78, 5) is 16.4. The van der Waals surface area contributed by atoms with E-state index < -0.39 is 0 Å². The van der Waals surface area contributed by atoms with Crippen LogP contribution in [0, 0.1) is 11.3 Å². The van der Waals surface area contributed by atoms with Crippen LogP contribution in [0.25, 0.3) is 11.3 Å². The summed E-state index contributed by atoms with van der Waals surface area (Å²) in [5, 5.41) is 8.84. The van der Waals surface area contributed by atoms with Crippen molar-refractivity contribution in [1.29, 1.82) is 5.26 Å². The van der Waals surface area contributed by atoms with Crippen molar-refractivity contribution >= 4 is 5.78 Å². The predicted octanol–water partition coefficient (Wildman–Crippen LogP) is 5.59. The lowest BCUT2D eigenvalue weighted by atomic mass is 10.0. The number of benzene rings is 2. The number of ketones is 1. The third kappa shape index (κ3) is 5.39. The first-order chi connectivity index (χ1) is 13.3. The van der Waals surface area contributed by atoms with Crippen molar-refractivity contribution in [1.82, 2.24) is 4.98 Å². The molecule has 3 rings (SSSR count). The Labute approximate surface area is 159 Å². The minimum Gasteiger partial charge on any atom is -0.434 e. The zero-order chi connectivity index (χ0) is 18.9. The Balaban J connectivity index is 1.41. The van der Waals surface area contributed by atoms with Crippen LogP contribution in [0.1, 0.15) is 53.9 Å². The quantitative estimate of drug-likeness (QED) is 0.369. The summed E-state index contributed by atoms with van der Waals surface area (Å²) in [6, 6.07) is 19.6. The highest BCUT2D eigenvalue weighted by Crippen LogP contribution is 2.21. The smallest absolute Gasteiger partial charge is 0.263 e. The van der Waals surface area contributed by atoms with E-state index in [-0.39, 0.29) is 11.7 Å². The molecule has 4 nitrogen and oxygen atoms in total. The normalized spacial score (nSPS) is 10.5. The van der Waals surface area contributed by atoms with Gasteiger partial charge in [-0.05, 0) is 49.1 Å². The molecule has 136 valence electrons. The first-order valence-corrected chi connectivity index (χ1v) is 9.30. The van der Waals surface area contributed by atoms with Crippen LogP contribution in [0.5, 0.6) is 0 Å². The Morgan fingerprint density at radius 1 is 0.963 bits per heavy atom. The second-order valence-corrected chi connectivity index (χ2v) is 6.54. The number of hydrogen-bond donors (Lipinski definition) is 0. The molecule has 0 aliphatic carbocycles. The maximum Gasteiger partial charge on any atom is 0.263 e. The van der Waals surface area contributed by atoms with Crippen LogP contribution in [0.2, 0.25) is 0 Å². The number of aryl methyl sites for hydroxylation is 1. The fourth-order valence-corrected chi connectivity index (χ4v) is 2.97. The fraction of sp³-hybridized carbons (Fsp3) is 0.261. The molecule has 0 spiro atoms. The standard InChI is InChI=1S/C23H22N2O2/c24-16-19-12-14-20(15-13-19)22-17-25-23(27-22)21(26)11-7-2-1-4-8-18-9-5-3-6-10-18/h3,5-6,9-10,12-15,17H,1-2,4,7-8,11H2. The monoisotopic (exact) mass is 358 g/mol. The SMILES string of the molecule is N#Cc1ccc(-c2cnc(C(=O)CCCCCCc3ccccc3)o2)cc1. The van der Waals surface area contributed by atoms with Gasteiger partial charge in [0, 0.05) is 12.0 Å². The lowest BCUT2D eigenvalue weighted by molar-refractivity contribution is 0.0946. The molecule has 0 unspecified atom stereocenters. The van der Waals surface area contributed by atoms with E-state index in [1.807, 2.05) is 6.07 Å². The molecule has 0 saturated heterocycles. The van der Waals surface area contributed by atoms with E-state index in [2.05, 4.69) is 35.3 Å². The molecule has 0 N–H and O–H groups in total. The molecule has 4 heteroatoms. The van der Waals surface area contributed by atoms with Gasteiger partial charge in [-0.15, -0.1) is 0 Å². The molecular formula is C23H22N2O2. The number of carbonyl (C=O) groups is 1. The predicted molar refractivity (Wildman–Crippen MR) is 104 cm³/mol. The maximum atomic E-state index is 12.2. The van der Waals surface area contributed by atoms with Gasteiger partial charge in [0.25, 0.3) is 5.89 Å². The van der Waals surface area contributed by atoms with Crippen LogP contribution < -0.4 is 0 Å². The molecule has 0 aliphatic rings. The molecule has 3 aromatic rings. The zero-order valence-corrected chi connectivity index (χ0v) is 15.2. The van der Waals surface area contributed by atoms with Crippen LogP contribution in [0.3, 0.4) is 0 Å². The molecule has 2 aromatic carbocycles. The van der Waals surface area contributed by atoms with E-state index in [4.69, 9.17) is 9.68 Å². The van der Waals surface area contributed by atoms with Crippen molar-refractivity contribution in [2.24, 2.45) is 0 Å². The van der Waals surface area contributed by atoms with Gasteiger partial charge in [-0.2, -0.15) is 5.26 Å². The highest BCUT2D eigenvalue weighted by Gasteiger charge is 2.14. The van der Waals surface area contributed by atoms with Gasteiger partial charge in [-0.1, -0.05) is 43.2 Å². The average molecular weight is 358 g/mol. The Morgan fingerprint density at radius 2 is 1.70 bits per heavy atom. The van der Waals surface area contributed by atoms with Crippen molar-refractivity contribution in [2.75, 3.05) is 0 Å². The number of Topliss-reactive ketones (excluding diaryl/α,β-unsaturated/α-hetero) is 1. The molecule has 27 heavy (non-hydrogen) atoms. The highest BCUT2D eigenvalue weighted by molar-refractivity contribution is 5.92. The van der Waals surface area contributed by atoms with Gasteiger partial charge >= 0.3 is 0 Å². The number of nitrogens with zero attached hydrogens (tertiary/aromatic N) is 2. The minimum atomic E-state index is -0.0574. The van der Waals surface area contributed by atoms with Gasteiger partial charge in [-0.25, -0.2) is 4.98 Å². The number of carbonyl (C=O) groups excluding carboxylic acids is 1. The number of unbranched alkanes of at least 4 members (excludes halogenated alkanes) is 3. The molecule has 0 aliphatic heterocycles. The van der Waals surface area contributed by atoms with Crippen molar-refractivity contribution < 1.29 is 9.21 Å². The first kappa shape index (κ1) is 18.6. The summed E-state index contributed by atoms with van der Waals surface area (Å²) >= 11 is 0. The van der Waals surface area contributed by atoms with E-state index in [9.17, 15) is 4.79 Å². The Bertz CT molecular complexity index is 906. The zero-order valence-electron chi connectivity index (χ0n) is 15.2. The Kier molecular flexibility index (Phi) is 6.54. The van der Waals surface area contributed by atoms with Gasteiger partial charge in [0.1, 0.15) is 0 Å². The second-order valence-electron chi connectivity index (χ2n) is 6.54. The van der Waals surface area contributed by atoms with Gasteiger partial charge in [0.15, 0.2) is 5.76 Å². The molecule has 0 radical (unpaired) electrons. The average Bonchev–Trinajstić information content (AvgIpc) is 3.21. The summed E-state index contributed by atoms with van der Waals surface area (Å²) in [5.74, 6) is 0.655. The Morgan fingerprint density at radius 3 is 2.44 bits per heavy atom. The maximum absolute atomic E-state index is 12.2. The second kappa shape index (κ2) is 9.49. The molecular weight excluding hydrogens is 336 g/mol. The van der Waals surface area contributed by atoms with Crippen LogP contribution in [0.15, 0.2) is 65.2 Å². The van der Waals surface area contributed by atoms with Gasteiger partial charge in [0.2, 0.25) is 5.78 Å². The van der Waals surface area contributed by atoms with Gasteiger partial charge in [-0.3, -0.25) is 4.79 Å². The number of hydrogen-bond acceptors (Lipinski definition) is 4. The number of nitriles is 1. The summed E-state index contributed by atoms with van der Waals surface area (Å²) in [6.45, 7) is 0. The summed E-state index contributed by atoms with van der Waals surface area (Å²) < 4.78 is 5.60. The number of aromatic nitrogens is 1. The summed E-state index contributed by atoms with van der Waals surface area (Å²) in [6.07, 6.45) is 7.24. The molecule has 0 bridgehead atoms. The summed E-state index contributed by atoms with van der Waals surface area (Å²) in [7, 11) is 0. The van der Waals surface area contributed by atoms with E-state index in [1.165, 1.54) is 5.56 Å². The number of rotatable bonds is 9. The van der Waals surface area contributed by atoms with Crippen LogP contribution in [-0.2, 0) is 6.42 Å². The fourth-order valence-electron chi connectivity index (χ4n) is 2.97. The van der Waals surface area contributed by atoms with E-state index >= 15 is 0 Å². The van der Waals surface area contributed by atoms with E-state index in [0.717, 1.165) is 37.7 Å². The molecule has 0 saturated carbocycles. The molecule has 0 amide bonds. The van der Waals surface area contributed by atoms with Crippen LogP contribution in [0.4, 0.5) is 0 Å². The molecule has 0 atom stereocenters. The molecule has 0 fully saturated rings. The van der Waals surface area contributed by atoms with Gasteiger partial charge in [0.05, 0.1) is 17.8 Å². The van der Waals surface area contributed by atoms with Gasteiger partial charge < -0.3 is 4.42 Å². The third-order valence-corrected chi connectivity index (χ3v) is 4.50. The van der Waals surface area contributed by atoms with Crippen LogP contribution in [-0.4, -0.2) is 10.8 Å². The van der Waals surface area contributed by atoms with Crippen molar-refractivity contribution in [3.8, 4) is 17.4 Å². The topological polar surface area (TPSA) is 66.9 Å². The summed E-state index contributed by atoms with van der Waals surface area (Å²) in [5.41, 5.74) is 2.76. The van der Waals surface area contributed by atoms with Crippen molar-refractivity contribution in [3.05, 3.63) is 77.8 Å². The third-order valence-electron chi connectivity index (χ3n) is 4.50. The lowest BCUT2D eigenvalue weighted by Gasteiger charge is -2.01. The first-order valence-electron chi connectivity index (χ1n) is 9.30. The molecule has 1 aromatic heterocycles. The molecule has 1 heterocycles. The highest BCUT2D eigenvalue weighted by atomic mass is 16.4. The van der Waals surface area contributed by atoms with Crippen LogP contribution >= 0.6 is 0 Å². The van der Waals surface area contributed by atoms with E-state index in [0.29, 0.717) is 17.7 Å². The number of oxazole rings is 1.